The Balaban J connectivity index is 2.15. The summed E-state index contributed by atoms with van der Waals surface area (Å²) in [7, 11) is 0. The van der Waals surface area contributed by atoms with Crippen LogP contribution in [0, 0.1) is 5.92 Å². The Morgan fingerprint density at radius 2 is 1.95 bits per heavy atom. The van der Waals surface area contributed by atoms with Gasteiger partial charge in [-0.15, -0.1) is 0 Å². The number of nitrogens with one attached hydrogen (secondary N) is 1. The third-order valence-corrected chi connectivity index (χ3v) is 3.45. The van der Waals surface area contributed by atoms with Crippen LogP contribution in [0.4, 0.5) is 5.69 Å². The van der Waals surface area contributed by atoms with Crippen molar-refractivity contribution in [1.82, 2.24) is 0 Å². The van der Waals surface area contributed by atoms with Gasteiger partial charge < -0.3 is 11.1 Å². The second-order valence-corrected chi connectivity index (χ2v) is 4.79. The Bertz CT molecular complexity index is 556. The second kappa shape index (κ2) is 6.34. The smallest absolute Gasteiger partial charge is 0.224 e. The van der Waals surface area contributed by atoms with Gasteiger partial charge in [0.05, 0.1) is 0 Å². The molecule has 1 unspecified atom stereocenters. The van der Waals surface area contributed by atoms with Gasteiger partial charge in [-0.3, -0.25) is 4.79 Å². The maximum Gasteiger partial charge on any atom is 0.224 e. The van der Waals surface area contributed by atoms with Crippen LogP contribution >= 0.6 is 0 Å². The average Bonchev–Trinajstić information content (AvgIpc) is 2.45. The van der Waals surface area contributed by atoms with Gasteiger partial charge in [0.25, 0.3) is 0 Å². The van der Waals surface area contributed by atoms with E-state index in [1.807, 2.05) is 42.5 Å². The van der Waals surface area contributed by atoms with E-state index in [1.54, 1.807) is 0 Å². The van der Waals surface area contributed by atoms with E-state index in [1.165, 1.54) is 0 Å². The van der Waals surface area contributed by atoms with Crippen molar-refractivity contribution < 1.29 is 4.79 Å². The minimum Gasteiger partial charge on any atom is -0.330 e. The first-order chi connectivity index (χ1) is 9.24. The van der Waals surface area contributed by atoms with Crippen LogP contribution < -0.4 is 11.1 Å². The van der Waals surface area contributed by atoms with E-state index in [2.05, 4.69) is 12.2 Å². The first-order valence-corrected chi connectivity index (χ1v) is 6.72. The van der Waals surface area contributed by atoms with E-state index in [-0.39, 0.29) is 11.8 Å². The van der Waals surface area contributed by atoms with Crippen LogP contribution in [0.1, 0.15) is 19.8 Å². The predicted octanol–water partition coefficient (Wildman–Crippen LogP) is 3.15. The quantitative estimate of drug-likeness (QED) is 0.863. The Morgan fingerprint density at radius 3 is 2.68 bits per heavy atom. The molecule has 0 aliphatic heterocycles. The molecule has 0 aromatic heterocycles. The Labute approximate surface area is 113 Å². The summed E-state index contributed by atoms with van der Waals surface area (Å²) in [6.45, 7) is 2.61. The topological polar surface area (TPSA) is 55.1 Å². The normalized spacial score (nSPS) is 12.3. The first kappa shape index (κ1) is 13.6. The highest BCUT2D eigenvalue weighted by molar-refractivity contribution is 6.02. The average molecular weight is 256 g/mol. The lowest BCUT2D eigenvalue weighted by molar-refractivity contribution is -0.117. The Kier molecular flexibility index (Phi) is 4.53. The van der Waals surface area contributed by atoms with Crippen LogP contribution in [0.15, 0.2) is 42.5 Å². The molecule has 3 heteroatoms. The van der Waals surface area contributed by atoms with Gasteiger partial charge in [0.15, 0.2) is 0 Å². The maximum absolute atomic E-state index is 12.0. The summed E-state index contributed by atoms with van der Waals surface area (Å²) in [6, 6.07) is 14.0. The van der Waals surface area contributed by atoms with Crippen molar-refractivity contribution in [3.05, 3.63) is 42.5 Å². The number of benzene rings is 2. The van der Waals surface area contributed by atoms with Gasteiger partial charge in [0.2, 0.25) is 5.91 Å². The molecule has 0 aliphatic rings. The fourth-order valence-corrected chi connectivity index (χ4v) is 2.19. The molecule has 0 radical (unpaired) electrons. The Morgan fingerprint density at radius 1 is 1.21 bits per heavy atom. The van der Waals surface area contributed by atoms with Gasteiger partial charge >= 0.3 is 0 Å². The van der Waals surface area contributed by atoms with E-state index in [0.29, 0.717) is 13.0 Å². The van der Waals surface area contributed by atoms with Gasteiger partial charge in [0.1, 0.15) is 0 Å². The zero-order chi connectivity index (χ0) is 13.7. The van der Waals surface area contributed by atoms with Crippen molar-refractivity contribution >= 4 is 22.4 Å². The lowest BCUT2D eigenvalue weighted by Crippen LogP contribution is -2.21. The van der Waals surface area contributed by atoms with E-state index in [9.17, 15) is 4.79 Å². The van der Waals surface area contributed by atoms with E-state index in [4.69, 9.17) is 5.73 Å². The van der Waals surface area contributed by atoms with Gasteiger partial charge in [-0.1, -0.05) is 49.7 Å². The number of anilines is 1. The van der Waals surface area contributed by atoms with E-state index >= 15 is 0 Å². The molecule has 0 bridgehead atoms. The van der Waals surface area contributed by atoms with Crippen molar-refractivity contribution in [1.29, 1.82) is 0 Å². The number of carbonyl (C=O) groups is 1. The summed E-state index contributed by atoms with van der Waals surface area (Å²) >= 11 is 0. The summed E-state index contributed by atoms with van der Waals surface area (Å²) in [6.07, 6.45) is 1.41. The minimum absolute atomic E-state index is 0.0358. The Hall–Kier alpha value is -1.87. The highest BCUT2D eigenvalue weighted by Crippen LogP contribution is 2.23. The molecule has 0 saturated heterocycles. The monoisotopic (exact) mass is 256 g/mol. The molecule has 2 aromatic rings. The first-order valence-electron chi connectivity index (χ1n) is 6.72. The molecule has 0 spiro atoms. The van der Waals surface area contributed by atoms with Gasteiger partial charge in [-0.05, 0) is 23.9 Å². The molecule has 1 atom stereocenters. The number of carbonyl (C=O) groups excluding carboxylic acids is 1. The highest BCUT2D eigenvalue weighted by Gasteiger charge is 2.11. The minimum atomic E-state index is 0.0358. The SMILES string of the molecule is CCC(CN)CC(=O)Nc1cccc2ccccc12. The van der Waals surface area contributed by atoms with Crippen LogP contribution in [0.3, 0.4) is 0 Å². The summed E-state index contributed by atoms with van der Waals surface area (Å²) < 4.78 is 0. The van der Waals surface area contributed by atoms with Crippen molar-refractivity contribution in [2.24, 2.45) is 11.7 Å². The summed E-state index contributed by atoms with van der Waals surface area (Å²) in [5.74, 6) is 0.295. The molecule has 3 nitrogen and oxygen atoms in total. The number of hydrogen-bond donors (Lipinski definition) is 2. The zero-order valence-corrected chi connectivity index (χ0v) is 11.2. The molecule has 3 N–H and O–H groups in total. The van der Waals surface area contributed by atoms with Crippen molar-refractivity contribution in [3.63, 3.8) is 0 Å². The molecule has 100 valence electrons. The van der Waals surface area contributed by atoms with Crippen molar-refractivity contribution in [2.75, 3.05) is 11.9 Å². The number of nitrogens with two attached hydrogens (primary N) is 1. The van der Waals surface area contributed by atoms with Gasteiger partial charge in [-0.25, -0.2) is 0 Å². The van der Waals surface area contributed by atoms with E-state index < -0.39 is 0 Å². The fraction of sp³-hybridized carbons (Fsp3) is 0.312. The number of rotatable bonds is 5. The van der Waals surface area contributed by atoms with Crippen molar-refractivity contribution in [3.8, 4) is 0 Å². The lowest BCUT2D eigenvalue weighted by atomic mass is 10.0. The number of amides is 1. The van der Waals surface area contributed by atoms with E-state index in [0.717, 1.165) is 22.9 Å². The largest absolute Gasteiger partial charge is 0.330 e. The molecule has 2 aromatic carbocycles. The zero-order valence-electron chi connectivity index (χ0n) is 11.2. The molecule has 0 fully saturated rings. The summed E-state index contributed by atoms with van der Waals surface area (Å²) in [5, 5.41) is 5.19. The molecular formula is C16H20N2O. The standard InChI is InChI=1S/C16H20N2O/c1-2-12(11-17)10-16(19)18-15-9-5-7-13-6-3-4-8-14(13)15/h3-9,12H,2,10-11,17H2,1H3,(H,18,19). The van der Waals surface area contributed by atoms with Crippen LogP contribution in [-0.2, 0) is 4.79 Å². The summed E-state index contributed by atoms with van der Waals surface area (Å²) in [4.78, 5) is 12.0. The molecule has 1 amide bonds. The van der Waals surface area contributed by atoms with Crippen LogP contribution in [0.5, 0.6) is 0 Å². The fourth-order valence-electron chi connectivity index (χ4n) is 2.19. The predicted molar refractivity (Wildman–Crippen MR) is 80.0 cm³/mol. The molecule has 19 heavy (non-hydrogen) atoms. The molecule has 0 aliphatic carbocycles. The highest BCUT2D eigenvalue weighted by atomic mass is 16.1. The molecule has 2 rings (SSSR count). The van der Waals surface area contributed by atoms with Gasteiger partial charge in [-0.2, -0.15) is 0 Å². The maximum atomic E-state index is 12.0. The van der Waals surface area contributed by atoms with Crippen LogP contribution in [0.25, 0.3) is 10.8 Å². The van der Waals surface area contributed by atoms with Crippen LogP contribution in [-0.4, -0.2) is 12.5 Å². The van der Waals surface area contributed by atoms with Crippen LogP contribution in [0.2, 0.25) is 0 Å². The lowest BCUT2D eigenvalue weighted by Gasteiger charge is -2.13. The van der Waals surface area contributed by atoms with Gasteiger partial charge in [0, 0.05) is 17.5 Å². The molecular weight excluding hydrogens is 236 g/mol. The summed E-state index contributed by atoms with van der Waals surface area (Å²) in [5.41, 5.74) is 6.51. The third kappa shape index (κ3) is 3.32. The second-order valence-electron chi connectivity index (χ2n) is 4.79. The molecule has 0 saturated carbocycles. The third-order valence-electron chi connectivity index (χ3n) is 3.45. The van der Waals surface area contributed by atoms with Crippen molar-refractivity contribution in [2.45, 2.75) is 19.8 Å². The molecule has 0 heterocycles. The number of fused-ring (bicyclic) bond motifs is 1. The number of hydrogen-bond acceptors (Lipinski definition) is 2.